The first-order valence-electron chi connectivity index (χ1n) is 3.21. The number of phenolic OH excluding ortho intramolecular Hbond substituents is 1. The Morgan fingerprint density at radius 2 is 2.09 bits per heavy atom. The van der Waals surface area contributed by atoms with Gasteiger partial charge in [-0.25, -0.2) is 0 Å². The molecule has 60 valence electrons. The Bertz CT molecular complexity index is 253. The predicted molar refractivity (Wildman–Crippen MR) is 43.5 cm³/mol. The van der Waals surface area contributed by atoms with Crippen molar-refractivity contribution in [1.29, 1.82) is 0 Å². The molecular weight excluding hydrogens is 164 g/mol. The van der Waals surface area contributed by atoms with E-state index >= 15 is 0 Å². The molecule has 0 radical (unpaired) electrons. The molecule has 0 fully saturated rings. The van der Waals surface area contributed by atoms with Crippen LogP contribution < -0.4 is 0 Å². The molecule has 0 aromatic heterocycles. The molecule has 0 spiro atoms. The second kappa shape index (κ2) is 2.72. The van der Waals surface area contributed by atoms with Gasteiger partial charge in [-0.15, -0.1) is 0 Å². The number of benzene rings is 1. The van der Waals surface area contributed by atoms with E-state index in [4.69, 9.17) is 16.7 Å². The van der Waals surface area contributed by atoms with E-state index in [1.54, 1.807) is 12.1 Å². The van der Waals surface area contributed by atoms with Crippen LogP contribution in [-0.2, 0) is 5.06 Å². The molecule has 1 atom stereocenters. The Balaban J connectivity index is 3.06. The summed E-state index contributed by atoms with van der Waals surface area (Å²) >= 11 is 5.57. The Kier molecular flexibility index (Phi) is 2.07. The van der Waals surface area contributed by atoms with Crippen LogP contribution in [0.1, 0.15) is 12.5 Å². The van der Waals surface area contributed by atoms with E-state index in [9.17, 15) is 5.11 Å². The average molecular weight is 173 g/mol. The van der Waals surface area contributed by atoms with Crippen LogP contribution in [0.5, 0.6) is 5.75 Å². The topological polar surface area (TPSA) is 40.5 Å². The maximum Gasteiger partial charge on any atom is 0.161 e. The Labute approximate surface area is 70.1 Å². The van der Waals surface area contributed by atoms with Crippen LogP contribution in [0.25, 0.3) is 0 Å². The SMILES string of the molecule is CC(O)(Cl)c1cccc(O)c1. The highest BCUT2D eigenvalue weighted by atomic mass is 35.5. The summed E-state index contributed by atoms with van der Waals surface area (Å²) in [6.45, 7) is 1.45. The summed E-state index contributed by atoms with van der Waals surface area (Å²) < 4.78 is 0. The van der Waals surface area contributed by atoms with E-state index < -0.39 is 5.06 Å². The lowest BCUT2D eigenvalue weighted by molar-refractivity contribution is 0.150. The van der Waals surface area contributed by atoms with Gasteiger partial charge in [0.15, 0.2) is 5.06 Å². The minimum Gasteiger partial charge on any atom is -0.508 e. The fourth-order valence-electron chi connectivity index (χ4n) is 0.790. The molecule has 2 nitrogen and oxygen atoms in total. The van der Waals surface area contributed by atoms with Crippen LogP contribution in [0.4, 0.5) is 0 Å². The Morgan fingerprint density at radius 3 is 2.45 bits per heavy atom. The molecule has 11 heavy (non-hydrogen) atoms. The summed E-state index contributed by atoms with van der Waals surface area (Å²) in [4.78, 5) is 0. The first kappa shape index (κ1) is 8.37. The number of phenols is 1. The van der Waals surface area contributed by atoms with Gasteiger partial charge < -0.3 is 10.2 Å². The van der Waals surface area contributed by atoms with Gasteiger partial charge in [-0.05, 0) is 19.1 Å². The third-order valence-corrected chi connectivity index (χ3v) is 1.59. The van der Waals surface area contributed by atoms with Gasteiger partial charge in [-0.3, -0.25) is 0 Å². The van der Waals surface area contributed by atoms with Gasteiger partial charge in [0.1, 0.15) is 5.75 Å². The van der Waals surface area contributed by atoms with Gasteiger partial charge >= 0.3 is 0 Å². The van der Waals surface area contributed by atoms with Crippen molar-refractivity contribution in [2.75, 3.05) is 0 Å². The lowest BCUT2D eigenvalue weighted by Crippen LogP contribution is -2.11. The van der Waals surface area contributed by atoms with E-state index in [0.717, 1.165) is 0 Å². The van der Waals surface area contributed by atoms with Gasteiger partial charge in [0.05, 0.1) is 0 Å². The normalized spacial score (nSPS) is 15.9. The number of aromatic hydroxyl groups is 1. The van der Waals surface area contributed by atoms with Crippen LogP contribution in [0.2, 0.25) is 0 Å². The molecule has 0 aliphatic heterocycles. The van der Waals surface area contributed by atoms with Crippen LogP contribution in [0.3, 0.4) is 0 Å². The minimum absolute atomic E-state index is 0.100. The van der Waals surface area contributed by atoms with Gasteiger partial charge in [0, 0.05) is 5.56 Å². The van der Waals surface area contributed by atoms with E-state index in [1.807, 2.05) is 0 Å². The maximum absolute atomic E-state index is 9.27. The van der Waals surface area contributed by atoms with E-state index in [-0.39, 0.29) is 5.75 Å². The molecule has 1 unspecified atom stereocenters. The smallest absolute Gasteiger partial charge is 0.161 e. The van der Waals surface area contributed by atoms with Crippen molar-refractivity contribution in [1.82, 2.24) is 0 Å². The molecule has 0 saturated heterocycles. The Hall–Kier alpha value is -0.730. The van der Waals surface area contributed by atoms with Gasteiger partial charge in [0.2, 0.25) is 0 Å². The molecule has 0 amide bonds. The molecule has 1 rings (SSSR count). The molecule has 1 aromatic rings. The zero-order valence-electron chi connectivity index (χ0n) is 6.08. The van der Waals surface area contributed by atoms with Gasteiger partial charge in [0.25, 0.3) is 0 Å². The predicted octanol–water partition coefficient (Wildman–Crippen LogP) is 1.80. The molecule has 0 saturated carbocycles. The summed E-state index contributed by atoms with van der Waals surface area (Å²) in [6, 6.07) is 6.22. The lowest BCUT2D eigenvalue weighted by atomic mass is 10.1. The quantitative estimate of drug-likeness (QED) is 0.635. The van der Waals surface area contributed by atoms with Gasteiger partial charge in [-0.2, -0.15) is 0 Å². The fourth-order valence-corrected chi connectivity index (χ4v) is 0.907. The van der Waals surface area contributed by atoms with E-state index in [0.29, 0.717) is 5.56 Å². The second-order valence-electron chi connectivity index (χ2n) is 2.50. The number of aliphatic hydroxyl groups is 1. The van der Waals surface area contributed by atoms with Crippen molar-refractivity contribution in [3.63, 3.8) is 0 Å². The van der Waals surface area contributed by atoms with Crippen molar-refractivity contribution in [3.8, 4) is 5.75 Å². The molecular formula is C8H9ClO2. The molecule has 0 bridgehead atoms. The van der Waals surface area contributed by atoms with Crippen LogP contribution in [-0.4, -0.2) is 10.2 Å². The summed E-state index contributed by atoms with van der Waals surface area (Å²) in [5.74, 6) is 0.100. The highest BCUT2D eigenvalue weighted by Crippen LogP contribution is 2.26. The molecule has 0 heterocycles. The molecule has 0 aliphatic carbocycles. The molecule has 3 heteroatoms. The average Bonchev–Trinajstić information content (AvgIpc) is 1.86. The minimum atomic E-state index is -1.40. The summed E-state index contributed by atoms with van der Waals surface area (Å²) in [5, 5.41) is 16.9. The van der Waals surface area contributed by atoms with Crippen molar-refractivity contribution >= 4 is 11.6 Å². The summed E-state index contributed by atoms with van der Waals surface area (Å²) in [5.41, 5.74) is 0.485. The first-order chi connectivity index (χ1) is 5.00. The third kappa shape index (κ3) is 2.10. The highest BCUT2D eigenvalue weighted by Gasteiger charge is 2.18. The Morgan fingerprint density at radius 1 is 1.45 bits per heavy atom. The zero-order chi connectivity index (χ0) is 8.48. The second-order valence-corrected chi connectivity index (χ2v) is 3.24. The van der Waals surface area contributed by atoms with E-state index in [2.05, 4.69) is 0 Å². The van der Waals surface area contributed by atoms with Crippen molar-refractivity contribution in [2.45, 2.75) is 12.0 Å². The maximum atomic E-state index is 9.27. The first-order valence-corrected chi connectivity index (χ1v) is 3.59. The molecule has 1 aromatic carbocycles. The van der Waals surface area contributed by atoms with Crippen molar-refractivity contribution < 1.29 is 10.2 Å². The largest absolute Gasteiger partial charge is 0.508 e. The van der Waals surface area contributed by atoms with Crippen molar-refractivity contribution in [2.24, 2.45) is 0 Å². The standard InChI is InChI=1S/C8H9ClO2/c1-8(9,11)6-3-2-4-7(10)5-6/h2-5,10-11H,1H3. The molecule has 0 aliphatic rings. The zero-order valence-corrected chi connectivity index (χ0v) is 6.84. The van der Waals surface area contributed by atoms with Crippen LogP contribution in [0.15, 0.2) is 24.3 Å². The number of hydrogen-bond donors (Lipinski definition) is 2. The third-order valence-electron chi connectivity index (χ3n) is 1.37. The number of halogens is 1. The van der Waals surface area contributed by atoms with Crippen molar-refractivity contribution in [3.05, 3.63) is 29.8 Å². The highest BCUT2D eigenvalue weighted by molar-refractivity contribution is 6.22. The van der Waals surface area contributed by atoms with Gasteiger partial charge in [-0.1, -0.05) is 23.7 Å². The molecule has 2 N–H and O–H groups in total. The lowest BCUT2D eigenvalue weighted by Gasteiger charge is -2.14. The monoisotopic (exact) mass is 172 g/mol. The summed E-state index contributed by atoms with van der Waals surface area (Å²) in [7, 11) is 0. The van der Waals surface area contributed by atoms with Crippen LogP contribution in [0, 0.1) is 0 Å². The van der Waals surface area contributed by atoms with Crippen LogP contribution >= 0.6 is 11.6 Å². The number of alkyl halides is 1. The van der Waals surface area contributed by atoms with E-state index in [1.165, 1.54) is 19.1 Å². The number of rotatable bonds is 1. The summed E-state index contributed by atoms with van der Waals surface area (Å²) in [6.07, 6.45) is 0. The number of hydrogen-bond acceptors (Lipinski definition) is 2. The fraction of sp³-hybridized carbons (Fsp3) is 0.250.